The molecule has 5 nitrogen and oxygen atoms in total. The largest absolute Gasteiger partial charge is 0.332 e. The molecule has 1 aliphatic rings. The summed E-state index contributed by atoms with van der Waals surface area (Å²) in [7, 11) is -3.31. The van der Waals surface area contributed by atoms with Crippen molar-refractivity contribution in [1.82, 2.24) is 14.7 Å². The van der Waals surface area contributed by atoms with Crippen molar-refractivity contribution >= 4 is 21.6 Å². The third kappa shape index (κ3) is 4.13. The molecular weight excluding hydrogens is 370 g/mol. The van der Waals surface area contributed by atoms with E-state index < -0.39 is 14.8 Å². The summed E-state index contributed by atoms with van der Waals surface area (Å²) in [5, 5.41) is 0.557. The zero-order valence-electron chi connectivity index (χ0n) is 15.4. The number of aromatic nitrogens is 2. The summed E-state index contributed by atoms with van der Waals surface area (Å²) in [4.78, 5) is 7.93. The Morgan fingerprint density at radius 2 is 1.73 bits per heavy atom. The number of hydrogen-bond donors (Lipinski definition) is 2. The van der Waals surface area contributed by atoms with Crippen LogP contribution in [0.4, 0.5) is 0 Å². The van der Waals surface area contributed by atoms with Crippen LogP contribution in [0.5, 0.6) is 0 Å². The fraction of sp³-hybridized carbons (Fsp3) is 0.526. The van der Waals surface area contributed by atoms with Gasteiger partial charge in [-0.3, -0.25) is 0 Å². The molecule has 1 heterocycles. The maximum absolute atomic E-state index is 12.3. The van der Waals surface area contributed by atoms with Gasteiger partial charge in [-0.1, -0.05) is 41.9 Å². The molecule has 0 saturated heterocycles. The van der Waals surface area contributed by atoms with Crippen LogP contribution in [0.15, 0.2) is 30.3 Å². The lowest BCUT2D eigenvalue weighted by atomic mass is 9.86. The highest BCUT2D eigenvalue weighted by molar-refractivity contribution is 7.90. The molecule has 0 aliphatic heterocycles. The Morgan fingerprint density at radius 1 is 1.12 bits per heavy atom. The van der Waals surface area contributed by atoms with Crippen LogP contribution < -0.4 is 4.72 Å². The van der Waals surface area contributed by atoms with Crippen LogP contribution in [-0.2, 0) is 10.0 Å². The third-order valence-electron chi connectivity index (χ3n) is 4.97. The maximum atomic E-state index is 12.3. The molecule has 0 unspecified atom stereocenters. The lowest BCUT2D eigenvalue weighted by Gasteiger charge is -2.30. The molecule has 0 amide bonds. The van der Waals surface area contributed by atoms with Crippen LogP contribution >= 0.6 is 11.6 Å². The number of aromatic amines is 1. The Bertz CT molecular complexity index is 849. The van der Waals surface area contributed by atoms with Crippen molar-refractivity contribution in [2.45, 2.75) is 63.2 Å². The standard InChI is InChI=1S/C19H26ClN3O2S/c1-19(2,3)26(24,25)23-15-11-9-14(10-12-15)18-21-16(17(20)22-18)13-7-5-4-6-8-13/h4-8,14-15,23H,9-12H2,1-3H3,(H,21,22). The first kappa shape index (κ1) is 19.4. The van der Waals surface area contributed by atoms with Gasteiger partial charge in [-0.2, -0.15) is 0 Å². The van der Waals surface area contributed by atoms with Gasteiger partial charge in [-0.05, 0) is 46.5 Å². The van der Waals surface area contributed by atoms with Crippen molar-refractivity contribution < 1.29 is 8.42 Å². The SMILES string of the molecule is CC(C)(C)S(=O)(=O)NC1CCC(c2nc(-c3ccccc3)c(Cl)[nH]2)CC1. The number of imidazole rings is 1. The van der Waals surface area contributed by atoms with E-state index in [1.807, 2.05) is 30.3 Å². The highest BCUT2D eigenvalue weighted by Gasteiger charge is 2.33. The van der Waals surface area contributed by atoms with E-state index in [0.717, 1.165) is 42.8 Å². The summed E-state index contributed by atoms with van der Waals surface area (Å²) < 4.78 is 26.7. The maximum Gasteiger partial charge on any atom is 0.216 e. The molecule has 2 aromatic rings. The molecule has 1 saturated carbocycles. The molecular formula is C19H26ClN3O2S. The van der Waals surface area contributed by atoms with Crippen LogP contribution in [0.2, 0.25) is 5.15 Å². The van der Waals surface area contributed by atoms with Crippen molar-refractivity contribution in [2.75, 3.05) is 0 Å². The third-order valence-corrected chi connectivity index (χ3v) is 7.50. The first-order valence-corrected chi connectivity index (χ1v) is 10.9. The molecule has 1 aromatic carbocycles. The quantitative estimate of drug-likeness (QED) is 0.801. The number of sulfonamides is 1. The van der Waals surface area contributed by atoms with E-state index in [1.54, 1.807) is 20.8 Å². The van der Waals surface area contributed by atoms with E-state index in [9.17, 15) is 8.42 Å². The van der Waals surface area contributed by atoms with E-state index in [-0.39, 0.29) is 12.0 Å². The monoisotopic (exact) mass is 395 g/mol. The lowest BCUT2D eigenvalue weighted by Crippen LogP contribution is -2.45. The average molecular weight is 396 g/mol. The molecule has 2 N–H and O–H groups in total. The van der Waals surface area contributed by atoms with E-state index in [0.29, 0.717) is 5.15 Å². The Morgan fingerprint density at radius 3 is 2.31 bits per heavy atom. The first-order chi connectivity index (χ1) is 12.2. The summed E-state index contributed by atoms with van der Waals surface area (Å²) in [5.41, 5.74) is 1.77. The normalized spacial score (nSPS) is 21.7. The molecule has 0 radical (unpaired) electrons. The summed E-state index contributed by atoms with van der Waals surface area (Å²) >= 11 is 6.35. The molecule has 1 aromatic heterocycles. The number of rotatable bonds is 4. The molecule has 7 heteroatoms. The lowest BCUT2D eigenvalue weighted by molar-refractivity contribution is 0.364. The Hall–Kier alpha value is -1.37. The zero-order chi connectivity index (χ0) is 18.9. The van der Waals surface area contributed by atoms with Crippen LogP contribution in [0, 0.1) is 0 Å². The van der Waals surface area contributed by atoms with Gasteiger partial charge >= 0.3 is 0 Å². The second-order valence-corrected chi connectivity index (χ2v) is 10.8. The topological polar surface area (TPSA) is 74.8 Å². The van der Waals surface area contributed by atoms with Crippen LogP contribution in [0.1, 0.15) is 58.2 Å². The van der Waals surface area contributed by atoms with Gasteiger partial charge in [0.25, 0.3) is 0 Å². The van der Waals surface area contributed by atoms with Gasteiger partial charge in [0.1, 0.15) is 16.7 Å². The predicted molar refractivity (Wildman–Crippen MR) is 106 cm³/mol. The average Bonchev–Trinajstić information content (AvgIpc) is 2.97. The van der Waals surface area contributed by atoms with Gasteiger partial charge in [0.05, 0.1) is 4.75 Å². The number of nitrogens with zero attached hydrogens (tertiary/aromatic N) is 1. The van der Waals surface area contributed by atoms with E-state index >= 15 is 0 Å². The van der Waals surface area contributed by atoms with Gasteiger partial charge in [0.15, 0.2) is 0 Å². The number of halogens is 1. The number of H-pyrrole nitrogens is 1. The van der Waals surface area contributed by atoms with Gasteiger partial charge < -0.3 is 4.98 Å². The van der Waals surface area contributed by atoms with Crippen LogP contribution in [-0.4, -0.2) is 29.2 Å². The van der Waals surface area contributed by atoms with E-state index in [1.165, 1.54) is 0 Å². The fourth-order valence-electron chi connectivity index (χ4n) is 3.23. The van der Waals surface area contributed by atoms with Gasteiger partial charge in [-0.15, -0.1) is 0 Å². The smallest absolute Gasteiger partial charge is 0.216 e. The highest BCUT2D eigenvalue weighted by atomic mass is 35.5. The second-order valence-electron chi connectivity index (χ2n) is 7.93. The van der Waals surface area contributed by atoms with Crippen molar-refractivity contribution in [1.29, 1.82) is 0 Å². The predicted octanol–water partition coefficient (Wildman–Crippen LogP) is 4.47. The second kappa shape index (κ2) is 7.33. The minimum absolute atomic E-state index is 0.00509. The summed E-state index contributed by atoms with van der Waals surface area (Å²) in [6, 6.07) is 9.87. The number of nitrogens with one attached hydrogen (secondary N) is 2. The van der Waals surface area contributed by atoms with Crippen molar-refractivity contribution in [2.24, 2.45) is 0 Å². The number of benzene rings is 1. The molecule has 1 aliphatic carbocycles. The van der Waals surface area contributed by atoms with Crippen molar-refractivity contribution in [3.05, 3.63) is 41.3 Å². The molecule has 0 spiro atoms. The fourth-order valence-corrected chi connectivity index (χ4v) is 4.51. The van der Waals surface area contributed by atoms with Crippen LogP contribution in [0.25, 0.3) is 11.3 Å². The minimum atomic E-state index is -3.31. The molecule has 0 atom stereocenters. The Kier molecular flexibility index (Phi) is 5.47. The van der Waals surface area contributed by atoms with E-state index in [4.69, 9.17) is 16.6 Å². The van der Waals surface area contributed by atoms with Crippen LogP contribution in [0.3, 0.4) is 0 Å². The molecule has 142 valence electrons. The molecule has 0 bridgehead atoms. The molecule has 3 rings (SSSR count). The highest BCUT2D eigenvalue weighted by Crippen LogP contribution is 2.35. The summed E-state index contributed by atoms with van der Waals surface area (Å²) in [6.45, 7) is 5.16. The van der Waals surface area contributed by atoms with E-state index in [2.05, 4.69) is 9.71 Å². The van der Waals surface area contributed by atoms with Crippen molar-refractivity contribution in [3.63, 3.8) is 0 Å². The number of hydrogen-bond acceptors (Lipinski definition) is 3. The summed E-state index contributed by atoms with van der Waals surface area (Å²) in [6.07, 6.45) is 3.38. The van der Waals surface area contributed by atoms with Gasteiger partial charge in [-0.25, -0.2) is 18.1 Å². The summed E-state index contributed by atoms with van der Waals surface area (Å²) in [5.74, 6) is 1.17. The Balaban J connectivity index is 1.66. The van der Waals surface area contributed by atoms with Gasteiger partial charge in [0.2, 0.25) is 10.0 Å². The van der Waals surface area contributed by atoms with Gasteiger partial charge in [0, 0.05) is 17.5 Å². The molecule has 1 fully saturated rings. The molecule has 26 heavy (non-hydrogen) atoms. The van der Waals surface area contributed by atoms with Crippen molar-refractivity contribution in [3.8, 4) is 11.3 Å². The first-order valence-electron chi connectivity index (χ1n) is 9.00. The zero-order valence-corrected chi connectivity index (χ0v) is 17.0. The Labute approximate surface area is 160 Å². The minimum Gasteiger partial charge on any atom is -0.332 e.